The Kier molecular flexibility index (Phi) is 3.93. The summed E-state index contributed by atoms with van der Waals surface area (Å²) in [7, 11) is 0. The third kappa shape index (κ3) is 2.97. The van der Waals surface area contributed by atoms with Crippen LogP contribution in [0.1, 0.15) is 31.7 Å². The second kappa shape index (κ2) is 5.47. The third-order valence-electron chi connectivity index (χ3n) is 3.75. The van der Waals surface area contributed by atoms with Crippen LogP contribution in [-0.4, -0.2) is 10.7 Å². The van der Waals surface area contributed by atoms with Crippen LogP contribution in [0.2, 0.25) is 0 Å². The van der Waals surface area contributed by atoms with Gasteiger partial charge in [0.1, 0.15) is 5.78 Å². The molecule has 102 valence electrons. The predicted octanol–water partition coefficient (Wildman–Crippen LogP) is 3.28. The lowest BCUT2D eigenvalue weighted by atomic mass is 9.78. The van der Waals surface area contributed by atoms with E-state index in [1.165, 1.54) is 12.1 Å². The van der Waals surface area contributed by atoms with Gasteiger partial charge in [0.15, 0.2) is 0 Å². The van der Waals surface area contributed by atoms with Crippen LogP contribution in [0.15, 0.2) is 18.2 Å². The fourth-order valence-electron chi connectivity index (χ4n) is 2.66. The van der Waals surface area contributed by atoms with Crippen molar-refractivity contribution in [1.82, 2.24) is 0 Å². The molecule has 1 aromatic rings. The van der Waals surface area contributed by atoms with E-state index < -0.39 is 16.4 Å². The van der Waals surface area contributed by atoms with Gasteiger partial charge in [-0.1, -0.05) is 19.1 Å². The van der Waals surface area contributed by atoms with Crippen LogP contribution < -0.4 is 0 Å². The van der Waals surface area contributed by atoms with Gasteiger partial charge in [-0.25, -0.2) is 0 Å². The van der Waals surface area contributed by atoms with Crippen molar-refractivity contribution in [1.29, 1.82) is 0 Å². The van der Waals surface area contributed by atoms with E-state index in [-0.39, 0.29) is 23.7 Å². The summed E-state index contributed by atoms with van der Waals surface area (Å²) < 4.78 is 13.9. The van der Waals surface area contributed by atoms with Crippen molar-refractivity contribution < 1.29 is 14.1 Å². The van der Waals surface area contributed by atoms with Crippen LogP contribution >= 0.6 is 0 Å². The van der Waals surface area contributed by atoms with Crippen molar-refractivity contribution in [2.24, 2.45) is 11.8 Å². The number of rotatable bonds is 3. The van der Waals surface area contributed by atoms with E-state index in [2.05, 4.69) is 6.92 Å². The summed E-state index contributed by atoms with van der Waals surface area (Å²) >= 11 is 0. The normalized spacial score (nSPS) is 23.4. The van der Waals surface area contributed by atoms with Crippen molar-refractivity contribution in [3.8, 4) is 0 Å². The number of nitro groups is 1. The molecule has 0 spiro atoms. The minimum absolute atomic E-state index is 0.143. The van der Waals surface area contributed by atoms with Crippen LogP contribution in [0, 0.1) is 27.8 Å². The highest BCUT2D eigenvalue weighted by atomic mass is 19.1. The number of nitrogens with zero attached hydrogens (tertiary/aromatic N) is 1. The van der Waals surface area contributed by atoms with Crippen molar-refractivity contribution in [3.63, 3.8) is 0 Å². The Morgan fingerprint density at radius 1 is 1.47 bits per heavy atom. The first-order valence-electron chi connectivity index (χ1n) is 6.43. The van der Waals surface area contributed by atoms with Crippen LogP contribution in [0.25, 0.3) is 0 Å². The van der Waals surface area contributed by atoms with Gasteiger partial charge in [0.05, 0.1) is 4.92 Å². The SMILES string of the molecule is CC1CCC(=O)C(Cc2cccc([N+](=O)[O-])c2F)C1. The Morgan fingerprint density at radius 3 is 2.89 bits per heavy atom. The smallest absolute Gasteiger partial charge is 0.299 e. The largest absolute Gasteiger partial charge is 0.305 e. The van der Waals surface area contributed by atoms with Crippen LogP contribution in [0.3, 0.4) is 0 Å². The highest BCUT2D eigenvalue weighted by molar-refractivity contribution is 5.82. The lowest BCUT2D eigenvalue weighted by molar-refractivity contribution is -0.387. The highest BCUT2D eigenvalue weighted by Gasteiger charge is 2.28. The van der Waals surface area contributed by atoms with Crippen molar-refractivity contribution in [2.45, 2.75) is 32.6 Å². The summed E-state index contributed by atoms with van der Waals surface area (Å²) in [5, 5.41) is 10.7. The van der Waals surface area contributed by atoms with Gasteiger partial charge in [-0.3, -0.25) is 14.9 Å². The zero-order valence-electron chi connectivity index (χ0n) is 10.8. The van der Waals surface area contributed by atoms with Crippen molar-refractivity contribution in [3.05, 3.63) is 39.7 Å². The maximum Gasteiger partial charge on any atom is 0.305 e. The quantitative estimate of drug-likeness (QED) is 0.622. The fourth-order valence-corrected chi connectivity index (χ4v) is 2.66. The van der Waals surface area contributed by atoms with Crippen LogP contribution in [0.4, 0.5) is 10.1 Å². The molecule has 0 bridgehead atoms. The number of hydrogen-bond acceptors (Lipinski definition) is 3. The van der Waals surface area contributed by atoms with E-state index >= 15 is 0 Å². The Hall–Kier alpha value is -1.78. The molecule has 0 N–H and O–H groups in total. The second-order valence-electron chi connectivity index (χ2n) is 5.25. The molecule has 19 heavy (non-hydrogen) atoms. The zero-order valence-corrected chi connectivity index (χ0v) is 10.8. The topological polar surface area (TPSA) is 60.2 Å². The number of benzene rings is 1. The average Bonchev–Trinajstić information content (AvgIpc) is 2.36. The maximum atomic E-state index is 13.9. The first-order valence-corrected chi connectivity index (χ1v) is 6.43. The van der Waals surface area contributed by atoms with Crippen molar-refractivity contribution in [2.75, 3.05) is 0 Å². The van der Waals surface area contributed by atoms with Gasteiger partial charge in [0, 0.05) is 18.4 Å². The molecule has 0 aliphatic heterocycles. The lowest BCUT2D eigenvalue weighted by Crippen LogP contribution is -2.25. The van der Waals surface area contributed by atoms with Gasteiger partial charge in [-0.05, 0) is 30.7 Å². The molecule has 2 atom stereocenters. The molecule has 1 fully saturated rings. The molecule has 2 unspecified atom stereocenters. The molecule has 2 rings (SSSR count). The lowest BCUT2D eigenvalue weighted by Gasteiger charge is -2.25. The monoisotopic (exact) mass is 265 g/mol. The van der Waals surface area contributed by atoms with Crippen molar-refractivity contribution >= 4 is 11.5 Å². The molecule has 1 aliphatic carbocycles. The fraction of sp³-hybridized carbons (Fsp3) is 0.500. The number of nitro benzene ring substituents is 1. The molecule has 0 saturated heterocycles. The van der Waals surface area contributed by atoms with E-state index in [0.717, 1.165) is 18.9 Å². The molecule has 4 nitrogen and oxygen atoms in total. The summed E-state index contributed by atoms with van der Waals surface area (Å²) in [4.78, 5) is 21.8. The standard InChI is InChI=1S/C14H16FNO3/c1-9-5-6-13(17)11(7-9)8-10-3-2-4-12(14(10)15)16(18)19/h2-4,9,11H,5-8H2,1H3. The van der Waals surface area contributed by atoms with Crippen LogP contribution in [0.5, 0.6) is 0 Å². The third-order valence-corrected chi connectivity index (χ3v) is 3.75. The second-order valence-corrected chi connectivity index (χ2v) is 5.25. The number of carbonyl (C=O) groups is 1. The maximum absolute atomic E-state index is 13.9. The number of hydrogen-bond donors (Lipinski definition) is 0. The van der Waals surface area contributed by atoms with Gasteiger partial charge in [-0.2, -0.15) is 4.39 Å². The first kappa shape index (κ1) is 13.6. The molecular weight excluding hydrogens is 249 g/mol. The minimum atomic E-state index is -0.807. The van der Waals surface area contributed by atoms with E-state index in [1.807, 2.05) is 0 Å². The molecule has 0 heterocycles. The highest BCUT2D eigenvalue weighted by Crippen LogP contribution is 2.30. The zero-order chi connectivity index (χ0) is 14.0. The summed E-state index contributed by atoms with van der Waals surface area (Å²) in [6.45, 7) is 2.07. The molecule has 0 aromatic heterocycles. The summed E-state index contributed by atoms with van der Waals surface area (Å²) in [6.07, 6.45) is 2.41. The number of Topliss-reactive ketones (excluding diaryl/α,β-unsaturated/α-hetero) is 1. The Balaban J connectivity index is 2.21. The molecule has 5 heteroatoms. The van der Waals surface area contributed by atoms with Gasteiger partial charge in [0.2, 0.25) is 5.82 Å². The summed E-state index contributed by atoms with van der Waals surface area (Å²) in [5.41, 5.74) is -0.254. The molecule has 1 aliphatic rings. The Bertz CT molecular complexity index is 515. The Morgan fingerprint density at radius 2 is 2.21 bits per heavy atom. The summed E-state index contributed by atoms with van der Waals surface area (Å²) in [6, 6.07) is 4.13. The molecule has 0 amide bonds. The number of halogens is 1. The molecular formula is C14H16FNO3. The summed E-state index contributed by atoms with van der Waals surface area (Å²) in [5.74, 6) is -0.424. The molecule has 1 aromatic carbocycles. The van der Waals surface area contributed by atoms with E-state index in [9.17, 15) is 19.3 Å². The van der Waals surface area contributed by atoms with Gasteiger partial charge in [0.25, 0.3) is 0 Å². The van der Waals surface area contributed by atoms with E-state index in [4.69, 9.17) is 0 Å². The predicted molar refractivity (Wildman–Crippen MR) is 68.3 cm³/mol. The van der Waals surface area contributed by atoms with E-state index in [0.29, 0.717) is 12.3 Å². The average molecular weight is 265 g/mol. The number of ketones is 1. The van der Waals surface area contributed by atoms with Gasteiger partial charge < -0.3 is 0 Å². The molecule has 0 radical (unpaired) electrons. The van der Waals surface area contributed by atoms with Gasteiger partial charge in [-0.15, -0.1) is 0 Å². The first-order chi connectivity index (χ1) is 8.99. The van der Waals surface area contributed by atoms with Gasteiger partial charge >= 0.3 is 5.69 Å². The van der Waals surface area contributed by atoms with Crippen LogP contribution in [-0.2, 0) is 11.2 Å². The Labute approximate surface area is 110 Å². The number of carbonyl (C=O) groups excluding carboxylic acids is 1. The van der Waals surface area contributed by atoms with E-state index in [1.54, 1.807) is 0 Å². The minimum Gasteiger partial charge on any atom is -0.299 e. The molecule has 1 saturated carbocycles.